The highest BCUT2D eigenvalue weighted by Crippen LogP contribution is 2.52. The van der Waals surface area contributed by atoms with Crippen molar-refractivity contribution in [1.82, 2.24) is 9.80 Å². The highest BCUT2D eigenvalue weighted by atomic mass is 15.3. The van der Waals surface area contributed by atoms with Crippen molar-refractivity contribution in [1.29, 1.82) is 0 Å². The molecule has 0 spiro atoms. The Kier molecular flexibility index (Phi) is 3.44. The molecule has 0 N–H and O–H groups in total. The van der Waals surface area contributed by atoms with Crippen LogP contribution in [0.2, 0.25) is 0 Å². The normalized spacial score (nSPS) is 40.5. The number of piperazine rings is 1. The van der Waals surface area contributed by atoms with Gasteiger partial charge in [0.1, 0.15) is 0 Å². The van der Waals surface area contributed by atoms with Crippen molar-refractivity contribution in [2.45, 2.75) is 65.0 Å². The molecular formula is C16H30N2. The molecule has 2 heterocycles. The van der Waals surface area contributed by atoms with Crippen LogP contribution in [0.1, 0.15) is 52.9 Å². The quantitative estimate of drug-likeness (QED) is 0.760. The number of fused-ring (bicyclic) bond motifs is 1. The molecule has 0 aromatic carbocycles. The van der Waals surface area contributed by atoms with Crippen molar-refractivity contribution in [3.63, 3.8) is 0 Å². The fourth-order valence-corrected chi connectivity index (χ4v) is 4.09. The van der Waals surface area contributed by atoms with E-state index in [1.54, 1.807) is 0 Å². The van der Waals surface area contributed by atoms with Crippen LogP contribution in [0.5, 0.6) is 0 Å². The summed E-state index contributed by atoms with van der Waals surface area (Å²) < 4.78 is 0. The van der Waals surface area contributed by atoms with Crippen molar-refractivity contribution in [2.75, 3.05) is 26.2 Å². The number of hydrogen-bond donors (Lipinski definition) is 0. The lowest BCUT2D eigenvalue weighted by Crippen LogP contribution is -2.59. The lowest BCUT2D eigenvalue weighted by Gasteiger charge is -2.48. The molecule has 3 unspecified atom stereocenters. The van der Waals surface area contributed by atoms with E-state index in [2.05, 4.69) is 30.6 Å². The predicted octanol–water partition coefficient (Wildman–Crippen LogP) is 2.98. The Morgan fingerprint density at radius 3 is 2.61 bits per heavy atom. The van der Waals surface area contributed by atoms with Gasteiger partial charge in [0.05, 0.1) is 0 Å². The van der Waals surface area contributed by atoms with Crippen LogP contribution in [0.15, 0.2) is 0 Å². The molecule has 2 saturated heterocycles. The van der Waals surface area contributed by atoms with Gasteiger partial charge in [0, 0.05) is 31.7 Å². The van der Waals surface area contributed by atoms with E-state index < -0.39 is 0 Å². The third-order valence-electron chi connectivity index (χ3n) is 5.80. The van der Waals surface area contributed by atoms with Gasteiger partial charge in [-0.15, -0.1) is 0 Å². The molecule has 1 saturated carbocycles. The van der Waals surface area contributed by atoms with Crippen molar-refractivity contribution in [2.24, 2.45) is 11.3 Å². The summed E-state index contributed by atoms with van der Waals surface area (Å²) in [7, 11) is 0. The Morgan fingerprint density at radius 2 is 1.94 bits per heavy atom. The average molecular weight is 250 g/mol. The number of nitrogens with zero attached hydrogens (tertiary/aromatic N) is 2. The van der Waals surface area contributed by atoms with E-state index in [0.29, 0.717) is 5.41 Å². The molecule has 104 valence electrons. The second-order valence-electron chi connectivity index (χ2n) is 7.55. The summed E-state index contributed by atoms with van der Waals surface area (Å²) in [6.07, 6.45) is 7.12. The van der Waals surface area contributed by atoms with Crippen LogP contribution in [0, 0.1) is 11.3 Å². The molecule has 0 aromatic rings. The van der Waals surface area contributed by atoms with Gasteiger partial charge < -0.3 is 0 Å². The van der Waals surface area contributed by atoms with E-state index in [9.17, 15) is 0 Å². The summed E-state index contributed by atoms with van der Waals surface area (Å²) in [6.45, 7) is 12.7. The number of piperidine rings is 1. The SMILES string of the molecule is CCC1CN2CCCCC2CN1CC1CC1(C)C. The van der Waals surface area contributed by atoms with E-state index in [0.717, 1.165) is 18.0 Å². The first-order valence-electron chi connectivity index (χ1n) is 8.08. The minimum atomic E-state index is 0.641. The smallest absolute Gasteiger partial charge is 0.0223 e. The first-order chi connectivity index (χ1) is 8.60. The van der Waals surface area contributed by atoms with Crippen LogP contribution >= 0.6 is 0 Å². The average Bonchev–Trinajstić information content (AvgIpc) is 2.95. The summed E-state index contributed by atoms with van der Waals surface area (Å²) >= 11 is 0. The van der Waals surface area contributed by atoms with Gasteiger partial charge in [-0.2, -0.15) is 0 Å². The van der Waals surface area contributed by atoms with Crippen molar-refractivity contribution < 1.29 is 0 Å². The lowest BCUT2D eigenvalue weighted by atomic mass is 9.95. The molecule has 0 radical (unpaired) electrons. The summed E-state index contributed by atoms with van der Waals surface area (Å²) in [5.41, 5.74) is 0.641. The third-order valence-corrected chi connectivity index (χ3v) is 5.80. The first kappa shape index (κ1) is 12.9. The molecule has 0 bridgehead atoms. The Hall–Kier alpha value is -0.0800. The van der Waals surface area contributed by atoms with Gasteiger partial charge in [-0.25, -0.2) is 0 Å². The summed E-state index contributed by atoms with van der Waals surface area (Å²) in [4.78, 5) is 5.62. The fraction of sp³-hybridized carbons (Fsp3) is 1.00. The maximum atomic E-state index is 2.84. The Labute approximate surface area is 113 Å². The van der Waals surface area contributed by atoms with Gasteiger partial charge in [-0.1, -0.05) is 27.2 Å². The zero-order valence-corrected chi connectivity index (χ0v) is 12.5. The molecule has 0 amide bonds. The van der Waals surface area contributed by atoms with E-state index in [1.807, 2.05) is 0 Å². The number of rotatable bonds is 3. The Morgan fingerprint density at radius 1 is 1.17 bits per heavy atom. The fourth-order valence-electron chi connectivity index (χ4n) is 4.09. The predicted molar refractivity (Wildman–Crippen MR) is 76.8 cm³/mol. The summed E-state index contributed by atoms with van der Waals surface area (Å²) in [5.74, 6) is 0.974. The monoisotopic (exact) mass is 250 g/mol. The van der Waals surface area contributed by atoms with Crippen LogP contribution in [0.4, 0.5) is 0 Å². The second-order valence-corrected chi connectivity index (χ2v) is 7.55. The third kappa shape index (κ3) is 2.46. The summed E-state index contributed by atoms with van der Waals surface area (Å²) in [5, 5.41) is 0. The maximum Gasteiger partial charge on any atom is 0.0223 e. The lowest BCUT2D eigenvalue weighted by molar-refractivity contribution is 0.00388. The minimum Gasteiger partial charge on any atom is -0.298 e. The van der Waals surface area contributed by atoms with Crippen LogP contribution in [-0.4, -0.2) is 48.1 Å². The molecule has 1 aliphatic carbocycles. The van der Waals surface area contributed by atoms with E-state index in [4.69, 9.17) is 0 Å². The zero-order chi connectivity index (χ0) is 12.8. The topological polar surface area (TPSA) is 6.48 Å². The molecule has 2 heteroatoms. The van der Waals surface area contributed by atoms with Gasteiger partial charge in [0.15, 0.2) is 0 Å². The Bertz CT molecular complexity index is 299. The highest BCUT2D eigenvalue weighted by Gasteiger charge is 2.47. The van der Waals surface area contributed by atoms with Crippen molar-refractivity contribution >= 4 is 0 Å². The molecular weight excluding hydrogens is 220 g/mol. The van der Waals surface area contributed by atoms with Gasteiger partial charge >= 0.3 is 0 Å². The molecule has 3 fully saturated rings. The van der Waals surface area contributed by atoms with Gasteiger partial charge in [-0.3, -0.25) is 9.80 Å². The van der Waals surface area contributed by atoms with Crippen LogP contribution in [0.25, 0.3) is 0 Å². The van der Waals surface area contributed by atoms with E-state index in [1.165, 1.54) is 58.3 Å². The van der Waals surface area contributed by atoms with Crippen LogP contribution in [0.3, 0.4) is 0 Å². The largest absolute Gasteiger partial charge is 0.298 e. The van der Waals surface area contributed by atoms with Gasteiger partial charge in [0.2, 0.25) is 0 Å². The van der Waals surface area contributed by atoms with Gasteiger partial charge in [0.25, 0.3) is 0 Å². The van der Waals surface area contributed by atoms with Crippen molar-refractivity contribution in [3.8, 4) is 0 Å². The molecule has 18 heavy (non-hydrogen) atoms. The first-order valence-corrected chi connectivity index (χ1v) is 8.08. The number of hydrogen-bond acceptors (Lipinski definition) is 2. The van der Waals surface area contributed by atoms with Crippen molar-refractivity contribution in [3.05, 3.63) is 0 Å². The van der Waals surface area contributed by atoms with E-state index in [-0.39, 0.29) is 0 Å². The van der Waals surface area contributed by atoms with E-state index >= 15 is 0 Å². The summed E-state index contributed by atoms with van der Waals surface area (Å²) in [6, 6.07) is 1.71. The zero-order valence-electron chi connectivity index (χ0n) is 12.5. The molecule has 3 aliphatic rings. The second kappa shape index (κ2) is 4.79. The maximum absolute atomic E-state index is 2.84. The van der Waals surface area contributed by atoms with Gasteiger partial charge in [-0.05, 0) is 43.6 Å². The highest BCUT2D eigenvalue weighted by molar-refractivity contribution is 4.99. The molecule has 3 rings (SSSR count). The molecule has 0 aromatic heterocycles. The van der Waals surface area contributed by atoms with Crippen LogP contribution in [-0.2, 0) is 0 Å². The standard InChI is InChI=1S/C16H30N2/c1-4-14-11-17-8-6-5-7-15(17)12-18(14)10-13-9-16(13,2)3/h13-15H,4-12H2,1-3H3. The molecule has 3 atom stereocenters. The van der Waals surface area contributed by atoms with Crippen LogP contribution < -0.4 is 0 Å². The minimum absolute atomic E-state index is 0.641. The molecule has 2 nitrogen and oxygen atoms in total. The molecule has 2 aliphatic heterocycles. The Balaban J connectivity index is 1.61.